The predicted octanol–water partition coefficient (Wildman–Crippen LogP) is 3.83. The van der Waals surface area contributed by atoms with E-state index in [9.17, 15) is 5.11 Å². The first-order valence-electron chi connectivity index (χ1n) is 9.18. The van der Waals surface area contributed by atoms with Crippen LogP contribution in [-0.2, 0) is 6.54 Å². The van der Waals surface area contributed by atoms with Crippen LogP contribution >= 0.6 is 0 Å². The van der Waals surface area contributed by atoms with Crippen molar-refractivity contribution in [2.75, 3.05) is 6.54 Å². The molecule has 1 heterocycles. The molecule has 0 aliphatic carbocycles. The van der Waals surface area contributed by atoms with E-state index in [0.29, 0.717) is 5.92 Å². The molecule has 0 fully saturated rings. The highest BCUT2D eigenvalue weighted by molar-refractivity contribution is 5.32. The van der Waals surface area contributed by atoms with Crippen LogP contribution < -0.4 is 5.32 Å². The number of rotatable bonds is 8. The van der Waals surface area contributed by atoms with Gasteiger partial charge in [-0.3, -0.25) is 0 Å². The van der Waals surface area contributed by atoms with Gasteiger partial charge in [0, 0.05) is 24.8 Å². The Balaban J connectivity index is 1.64. The molecule has 4 heteroatoms. The number of aromatic nitrogens is 2. The van der Waals surface area contributed by atoms with Crippen molar-refractivity contribution in [3.05, 3.63) is 83.7 Å². The zero-order chi connectivity index (χ0) is 18.4. The Bertz CT molecular complexity index is 797. The molecule has 0 saturated heterocycles. The molecular weight excluding hydrogens is 322 g/mol. The van der Waals surface area contributed by atoms with Gasteiger partial charge >= 0.3 is 0 Å². The Morgan fingerprint density at radius 3 is 2.35 bits per heavy atom. The van der Waals surface area contributed by atoms with Crippen LogP contribution in [0.25, 0.3) is 5.69 Å². The number of hydrogen-bond donors (Lipinski definition) is 2. The number of nitrogens with one attached hydrogen (secondary N) is 1. The summed E-state index contributed by atoms with van der Waals surface area (Å²) in [6, 6.07) is 20.6. The summed E-state index contributed by atoms with van der Waals surface area (Å²) in [6.45, 7) is 5.48. The Morgan fingerprint density at radius 1 is 1.04 bits per heavy atom. The van der Waals surface area contributed by atoms with Crippen molar-refractivity contribution in [3.63, 3.8) is 0 Å². The first kappa shape index (κ1) is 18.4. The Morgan fingerprint density at radius 2 is 1.69 bits per heavy atom. The molecule has 0 aliphatic rings. The summed E-state index contributed by atoms with van der Waals surface area (Å²) in [5.74, 6) is 0.292. The Hall–Kier alpha value is -2.43. The molecule has 0 bridgehead atoms. The number of benzene rings is 2. The third-order valence-electron chi connectivity index (χ3n) is 4.62. The zero-order valence-electron chi connectivity index (χ0n) is 15.5. The topological polar surface area (TPSA) is 50.1 Å². The van der Waals surface area contributed by atoms with Gasteiger partial charge in [0.25, 0.3) is 0 Å². The van der Waals surface area contributed by atoms with E-state index in [1.807, 2.05) is 42.8 Å². The molecule has 26 heavy (non-hydrogen) atoms. The number of nitrogens with zero attached hydrogens (tertiary/aromatic N) is 2. The largest absolute Gasteiger partial charge is 0.393 e. The summed E-state index contributed by atoms with van der Waals surface area (Å²) in [5, 5.41) is 18.0. The van der Waals surface area contributed by atoms with Crippen molar-refractivity contribution < 1.29 is 5.11 Å². The van der Waals surface area contributed by atoms with Gasteiger partial charge in [0.15, 0.2) is 0 Å². The van der Waals surface area contributed by atoms with Crippen LogP contribution in [0.15, 0.2) is 66.9 Å². The summed E-state index contributed by atoms with van der Waals surface area (Å²) in [6.07, 6.45) is 2.52. The summed E-state index contributed by atoms with van der Waals surface area (Å²) >= 11 is 0. The molecule has 0 radical (unpaired) electrons. The highest BCUT2D eigenvalue weighted by atomic mass is 16.3. The first-order valence-corrected chi connectivity index (χ1v) is 9.18. The number of hydrogen-bond acceptors (Lipinski definition) is 3. The number of para-hydroxylation sites is 1. The van der Waals surface area contributed by atoms with Gasteiger partial charge in [-0.15, -0.1) is 0 Å². The molecule has 0 amide bonds. The lowest BCUT2D eigenvalue weighted by molar-refractivity contribution is 0.173. The predicted molar refractivity (Wildman–Crippen MR) is 105 cm³/mol. The molecule has 3 aromatic rings. The highest BCUT2D eigenvalue weighted by Gasteiger charge is 2.14. The molecule has 2 N–H and O–H groups in total. The quantitative estimate of drug-likeness (QED) is 0.650. The second kappa shape index (κ2) is 8.79. The van der Waals surface area contributed by atoms with E-state index in [-0.39, 0.29) is 6.10 Å². The van der Waals surface area contributed by atoms with Crippen LogP contribution in [0.2, 0.25) is 0 Å². The maximum absolute atomic E-state index is 9.83. The summed E-state index contributed by atoms with van der Waals surface area (Å²) in [7, 11) is 0. The van der Waals surface area contributed by atoms with Gasteiger partial charge in [0.05, 0.1) is 17.5 Å². The van der Waals surface area contributed by atoms with Crippen LogP contribution in [0.1, 0.15) is 36.1 Å². The molecule has 1 aromatic heterocycles. The van der Waals surface area contributed by atoms with E-state index < -0.39 is 0 Å². The Kier molecular flexibility index (Phi) is 6.21. The third-order valence-corrected chi connectivity index (χ3v) is 4.62. The summed E-state index contributed by atoms with van der Waals surface area (Å²) in [4.78, 5) is 0. The van der Waals surface area contributed by atoms with Gasteiger partial charge < -0.3 is 10.4 Å². The molecule has 3 rings (SSSR count). The smallest absolute Gasteiger partial charge is 0.0645 e. The van der Waals surface area contributed by atoms with Gasteiger partial charge in [0.1, 0.15) is 0 Å². The molecule has 0 aliphatic heterocycles. The van der Waals surface area contributed by atoms with Crippen molar-refractivity contribution in [3.8, 4) is 5.69 Å². The molecular formula is C22H27N3O. The van der Waals surface area contributed by atoms with Crippen molar-refractivity contribution in [1.29, 1.82) is 0 Å². The van der Waals surface area contributed by atoms with Crippen LogP contribution in [0.3, 0.4) is 0 Å². The van der Waals surface area contributed by atoms with Crippen molar-refractivity contribution in [2.45, 2.75) is 38.8 Å². The third kappa shape index (κ3) is 4.81. The monoisotopic (exact) mass is 349 g/mol. The van der Waals surface area contributed by atoms with Gasteiger partial charge in [-0.2, -0.15) is 5.10 Å². The number of aryl methyl sites for hydroxylation is 1. The fraction of sp³-hybridized carbons (Fsp3) is 0.318. The van der Waals surface area contributed by atoms with Gasteiger partial charge in [0.2, 0.25) is 0 Å². The number of aliphatic hydroxyl groups excluding tert-OH is 1. The van der Waals surface area contributed by atoms with Gasteiger partial charge in [-0.1, -0.05) is 48.5 Å². The maximum atomic E-state index is 9.83. The van der Waals surface area contributed by atoms with E-state index in [1.165, 1.54) is 11.1 Å². The fourth-order valence-corrected chi connectivity index (χ4v) is 3.24. The SMILES string of the molecule is Cc1nn(-c2ccccc2)cc1CNCC(CC(C)O)c1ccccc1. The lowest BCUT2D eigenvalue weighted by Gasteiger charge is -2.19. The van der Waals surface area contributed by atoms with Crippen molar-refractivity contribution in [1.82, 2.24) is 15.1 Å². The number of aliphatic hydroxyl groups is 1. The molecule has 0 spiro atoms. The standard InChI is InChI=1S/C22H27N3O/c1-17(26)13-20(19-9-5-3-6-10-19)14-23-15-21-16-25(24-18(21)2)22-11-7-4-8-12-22/h3-12,16-17,20,23,26H,13-15H2,1-2H3. The lowest BCUT2D eigenvalue weighted by atomic mass is 9.93. The molecule has 2 unspecified atom stereocenters. The minimum Gasteiger partial charge on any atom is -0.393 e. The van der Waals surface area contributed by atoms with Crippen LogP contribution in [0.4, 0.5) is 0 Å². The van der Waals surface area contributed by atoms with E-state index >= 15 is 0 Å². The van der Waals surface area contributed by atoms with E-state index in [4.69, 9.17) is 0 Å². The summed E-state index contributed by atoms with van der Waals surface area (Å²) in [5.41, 5.74) is 4.56. The van der Waals surface area contributed by atoms with E-state index in [0.717, 1.165) is 30.9 Å². The molecule has 4 nitrogen and oxygen atoms in total. The average Bonchev–Trinajstić information content (AvgIpc) is 3.03. The van der Waals surface area contributed by atoms with E-state index in [1.54, 1.807) is 0 Å². The second-order valence-electron chi connectivity index (χ2n) is 6.84. The van der Waals surface area contributed by atoms with Crippen molar-refractivity contribution >= 4 is 0 Å². The van der Waals surface area contributed by atoms with E-state index in [2.05, 4.69) is 53.0 Å². The maximum Gasteiger partial charge on any atom is 0.0645 e. The fourth-order valence-electron chi connectivity index (χ4n) is 3.24. The van der Waals surface area contributed by atoms with Crippen molar-refractivity contribution in [2.24, 2.45) is 0 Å². The molecule has 2 atom stereocenters. The highest BCUT2D eigenvalue weighted by Crippen LogP contribution is 2.21. The normalized spacial score (nSPS) is 13.5. The second-order valence-corrected chi connectivity index (χ2v) is 6.84. The summed E-state index contributed by atoms with van der Waals surface area (Å²) < 4.78 is 1.93. The molecule has 2 aromatic carbocycles. The minimum atomic E-state index is -0.315. The van der Waals surface area contributed by atoms with Gasteiger partial charge in [-0.25, -0.2) is 4.68 Å². The molecule has 0 saturated carbocycles. The van der Waals surface area contributed by atoms with Crippen LogP contribution in [0.5, 0.6) is 0 Å². The zero-order valence-corrected chi connectivity index (χ0v) is 15.5. The minimum absolute atomic E-state index is 0.292. The van der Waals surface area contributed by atoms with Gasteiger partial charge in [-0.05, 0) is 43.9 Å². The lowest BCUT2D eigenvalue weighted by Crippen LogP contribution is -2.24. The Labute approximate surface area is 155 Å². The average molecular weight is 349 g/mol. The molecule has 136 valence electrons. The first-order chi connectivity index (χ1) is 12.6. The van der Waals surface area contributed by atoms with Crippen LogP contribution in [0, 0.1) is 6.92 Å². The van der Waals surface area contributed by atoms with Crippen LogP contribution in [-0.4, -0.2) is 27.5 Å².